The van der Waals surface area contributed by atoms with Gasteiger partial charge in [0.2, 0.25) is 10.0 Å². The molecule has 0 heterocycles. The monoisotopic (exact) mass is 300 g/mol. The molecule has 0 unspecified atom stereocenters. The van der Waals surface area contributed by atoms with E-state index in [0.717, 1.165) is 5.57 Å². The molecule has 0 atom stereocenters. The van der Waals surface area contributed by atoms with E-state index in [-0.39, 0.29) is 23.8 Å². The minimum absolute atomic E-state index is 0.102. The van der Waals surface area contributed by atoms with Gasteiger partial charge in [-0.3, -0.25) is 0 Å². The smallest absolute Gasteiger partial charge is 0.243 e. The second-order valence-corrected chi connectivity index (χ2v) is 7.01. The third-order valence-electron chi connectivity index (χ3n) is 2.87. The van der Waals surface area contributed by atoms with Gasteiger partial charge in [0.05, 0.1) is 4.90 Å². The Morgan fingerprint density at radius 1 is 1.45 bits per heavy atom. The molecule has 0 radical (unpaired) electrons. The lowest BCUT2D eigenvalue weighted by molar-refractivity contribution is 0.492. The fourth-order valence-corrected chi connectivity index (χ4v) is 3.29. The minimum Gasteiger partial charge on any atom is -0.316 e. The first-order valence-electron chi connectivity index (χ1n) is 6.24. The number of hydrogen-bond donors (Lipinski definition) is 1. The summed E-state index contributed by atoms with van der Waals surface area (Å²) in [7, 11) is -0.466. The van der Waals surface area contributed by atoms with E-state index in [2.05, 4.69) is 11.9 Å². The summed E-state index contributed by atoms with van der Waals surface area (Å²) in [6.07, 6.45) is 0. The lowest BCUT2D eigenvalue weighted by Crippen LogP contribution is -2.28. The second kappa shape index (κ2) is 6.47. The van der Waals surface area contributed by atoms with E-state index in [1.165, 1.54) is 23.5 Å². The summed E-state index contributed by atoms with van der Waals surface area (Å²) in [5.41, 5.74) is 1.40. The lowest BCUT2D eigenvalue weighted by Gasteiger charge is -2.18. The van der Waals surface area contributed by atoms with Crippen LogP contribution in [0.1, 0.15) is 18.1 Å². The normalized spacial score (nSPS) is 11.9. The fourth-order valence-electron chi connectivity index (χ4n) is 1.92. The Balaban J connectivity index is 3.28. The van der Waals surface area contributed by atoms with Crippen LogP contribution in [-0.4, -0.2) is 33.4 Å². The first kappa shape index (κ1) is 16.8. The molecule has 0 spiro atoms. The number of halogens is 1. The van der Waals surface area contributed by atoms with Gasteiger partial charge in [0.15, 0.2) is 0 Å². The molecular weight excluding hydrogens is 279 g/mol. The van der Waals surface area contributed by atoms with E-state index in [4.69, 9.17) is 0 Å². The summed E-state index contributed by atoms with van der Waals surface area (Å²) < 4.78 is 40.0. The van der Waals surface area contributed by atoms with Crippen LogP contribution in [0, 0.1) is 12.7 Å². The van der Waals surface area contributed by atoms with Gasteiger partial charge in [-0.1, -0.05) is 12.2 Å². The van der Waals surface area contributed by atoms with Crippen molar-refractivity contribution in [1.82, 2.24) is 9.62 Å². The Hall–Kier alpha value is -1.24. The summed E-state index contributed by atoms with van der Waals surface area (Å²) in [6.45, 7) is 7.54. The molecule has 0 aromatic heterocycles. The molecule has 1 aromatic rings. The molecule has 112 valence electrons. The first-order chi connectivity index (χ1) is 9.20. The number of likely N-dealkylation sites (N-methyl/N-ethyl adjacent to an activating group) is 1. The third-order valence-corrected chi connectivity index (χ3v) is 4.65. The molecule has 0 saturated heterocycles. The van der Waals surface area contributed by atoms with E-state index in [1.54, 1.807) is 20.9 Å². The van der Waals surface area contributed by atoms with Gasteiger partial charge in [-0.05, 0) is 38.6 Å². The van der Waals surface area contributed by atoms with E-state index < -0.39 is 10.0 Å². The Morgan fingerprint density at radius 3 is 2.55 bits per heavy atom. The molecule has 0 aliphatic carbocycles. The maximum absolute atomic E-state index is 13.9. The molecule has 0 bridgehead atoms. The Bertz CT molecular complexity index is 612. The predicted octanol–water partition coefficient (Wildman–Crippen LogP) is 2.05. The third kappa shape index (κ3) is 3.65. The largest absolute Gasteiger partial charge is 0.316 e. The average molecular weight is 300 g/mol. The SMILES string of the molecule is C=C(C)CN(C)S(=O)(=O)c1cc(C)c(F)c(CNC)c1. The van der Waals surface area contributed by atoms with Crippen molar-refractivity contribution in [3.63, 3.8) is 0 Å². The van der Waals surface area contributed by atoms with Crippen LogP contribution in [0.4, 0.5) is 4.39 Å². The predicted molar refractivity (Wildman–Crippen MR) is 78.5 cm³/mol. The number of nitrogens with zero attached hydrogens (tertiary/aromatic N) is 1. The van der Waals surface area contributed by atoms with Crippen LogP contribution in [0.2, 0.25) is 0 Å². The molecule has 0 saturated carbocycles. The molecule has 6 heteroatoms. The highest BCUT2D eigenvalue weighted by Gasteiger charge is 2.22. The van der Waals surface area contributed by atoms with Gasteiger partial charge >= 0.3 is 0 Å². The van der Waals surface area contributed by atoms with Gasteiger partial charge in [0.25, 0.3) is 0 Å². The molecule has 0 amide bonds. The highest BCUT2D eigenvalue weighted by atomic mass is 32.2. The Morgan fingerprint density at radius 2 is 2.05 bits per heavy atom. The number of hydrogen-bond acceptors (Lipinski definition) is 3. The number of sulfonamides is 1. The molecule has 1 rings (SSSR count). The lowest BCUT2D eigenvalue weighted by atomic mass is 10.1. The zero-order valence-corrected chi connectivity index (χ0v) is 13.1. The van der Waals surface area contributed by atoms with Crippen molar-refractivity contribution in [3.8, 4) is 0 Å². The van der Waals surface area contributed by atoms with E-state index in [9.17, 15) is 12.8 Å². The quantitative estimate of drug-likeness (QED) is 0.818. The van der Waals surface area contributed by atoms with Crippen LogP contribution < -0.4 is 5.32 Å². The Labute approximate surface area is 120 Å². The van der Waals surface area contributed by atoms with E-state index >= 15 is 0 Å². The zero-order chi connectivity index (χ0) is 15.5. The van der Waals surface area contributed by atoms with Gasteiger partial charge in [-0.2, -0.15) is 4.31 Å². The summed E-state index contributed by atoms with van der Waals surface area (Å²) in [5, 5.41) is 2.83. The van der Waals surface area contributed by atoms with Gasteiger partial charge in [0, 0.05) is 25.7 Å². The average Bonchev–Trinajstić information content (AvgIpc) is 2.33. The molecule has 1 aromatic carbocycles. The van der Waals surface area contributed by atoms with Crippen molar-refractivity contribution in [2.75, 3.05) is 20.6 Å². The first-order valence-corrected chi connectivity index (χ1v) is 7.68. The van der Waals surface area contributed by atoms with E-state index in [0.29, 0.717) is 11.1 Å². The number of nitrogens with one attached hydrogen (secondary N) is 1. The van der Waals surface area contributed by atoms with Crippen LogP contribution >= 0.6 is 0 Å². The standard InChI is InChI=1S/C14H21FN2O2S/c1-10(2)9-17(5)20(18,19)13-6-11(3)14(15)12(7-13)8-16-4/h6-7,16H,1,8-9H2,2-5H3. The van der Waals surface area contributed by atoms with Crippen LogP contribution in [0.5, 0.6) is 0 Å². The minimum atomic E-state index is -3.64. The highest BCUT2D eigenvalue weighted by Crippen LogP contribution is 2.22. The zero-order valence-electron chi connectivity index (χ0n) is 12.3. The molecule has 4 nitrogen and oxygen atoms in total. The summed E-state index contributed by atoms with van der Waals surface area (Å²) >= 11 is 0. The topological polar surface area (TPSA) is 49.4 Å². The summed E-state index contributed by atoms with van der Waals surface area (Å²) in [5.74, 6) is -0.374. The van der Waals surface area contributed by atoms with Crippen molar-refractivity contribution in [2.24, 2.45) is 0 Å². The van der Waals surface area contributed by atoms with Gasteiger partial charge in [-0.15, -0.1) is 0 Å². The number of benzene rings is 1. The molecule has 0 aliphatic rings. The highest BCUT2D eigenvalue weighted by molar-refractivity contribution is 7.89. The molecule has 20 heavy (non-hydrogen) atoms. The van der Waals surface area contributed by atoms with Crippen molar-refractivity contribution >= 4 is 10.0 Å². The number of aryl methyl sites for hydroxylation is 1. The van der Waals surface area contributed by atoms with Crippen LogP contribution in [0.25, 0.3) is 0 Å². The van der Waals surface area contributed by atoms with Gasteiger partial charge < -0.3 is 5.32 Å². The van der Waals surface area contributed by atoms with Crippen molar-refractivity contribution in [2.45, 2.75) is 25.3 Å². The molecule has 1 N–H and O–H groups in total. The summed E-state index contributed by atoms with van der Waals surface area (Å²) in [4.78, 5) is 0.102. The Kier molecular flexibility index (Phi) is 5.44. The fraction of sp³-hybridized carbons (Fsp3) is 0.429. The van der Waals surface area contributed by atoms with Crippen LogP contribution in [0.15, 0.2) is 29.2 Å². The van der Waals surface area contributed by atoms with E-state index in [1.807, 2.05) is 0 Å². The molecule has 0 fully saturated rings. The van der Waals surface area contributed by atoms with Crippen molar-refractivity contribution < 1.29 is 12.8 Å². The van der Waals surface area contributed by atoms with Gasteiger partial charge in [-0.25, -0.2) is 12.8 Å². The molecule has 0 aliphatic heterocycles. The van der Waals surface area contributed by atoms with Crippen molar-refractivity contribution in [1.29, 1.82) is 0 Å². The van der Waals surface area contributed by atoms with Gasteiger partial charge in [0.1, 0.15) is 5.82 Å². The number of rotatable bonds is 6. The molecular formula is C14H21FN2O2S. The second-order valence-electron chi connectivity index (χ2n) is 4.96. The summed E-state index contributed by atoms with van der Waals surface area (Å²) in [6, 6.07) is 2.74. The van der Waals surface area contributed by atoms with Crippen LogP contribution in [-0.2, 0) is 16.6 Å². The van der Waals surface area contributed by atoms with Crippen LogP contribution in [0.3, 0.4) is 0 Å². The maximum Gasteiger partial charge on any atom is 0.243 e. The van der Waals surface area contributed by atoms with Crippen molar-refractivity contribution in [3.05, 3.63) is 41.2 Å². The maximum atomic E-state index is 13.9.